The first kappa shape index (κ1) is 13.6. The second-order valence-corrected chi connectivity index (χ2v) is 4.87. The summed E-state index contributed by atoms with van der Waals surface area (Å²) >= 11 is 0. The van der Waals surface area contributed by atoms with E-state index < -0.39 is 0 Å². The largest absolute Gasteiger partial charge is 0.467 e. The monoisotopic (exact) mass is 256 g/mol. The van der Waals surface area contributed by atoms with Gasteiger partial charge in [0.25, 0.3) is 0 Å². The van der Waals surface area contributed by atoms with Gasteiger partial charge in [-0.2, -0.15) is 0 Å². The molecule has 0 aromatic heterocycles. The van der Waals surface area contributed by atoms with Crippen LogP contribution in [0.2, 0.25) is 0 Å². The average molecular weight is 256 g/mol. The fraction of sp³-hybridized carbons (Fsp3) is 0.294. The third-order valence-electron chi connectivity index (χ3n) is 3.15. The minimum Gasteiger partial charge on any atom is -0.467 e. The normalized spacial score (nSPS) is 10.5. The lowest BCUT2D eigenvalue weighted by molar-refractivity contribution is 0.0515. The molecule has 0 aliphatic rings. The highest BCUT2D eigenvalue weighted by Gasteiger charge is 2.09. The van der Waals surface area contributed by atoms with Crippen molar-refractivity contribution in [2.45, 2.75) is 20.8 Å². The molecule has 2 aromatic carbocycles. The van der Waals surface area contributed by atoms with E-state index in [4.69, 9.17) is 9.47 Å². The maximum atomic E-state index is 5.67. The quantitative estimate of drug-likeness (QED) is 0.761. The molecular formula is C17H20O2. The van der Waals surface area contributed by atoms with Gasteiger partial charge in [-0.15, -0.1) is 0 Å². The Morgan fingerprint density at radius 2 is 1.47 bits per heavy atom. The molecule has 2 aromatic rings. The summed E-state index contributed by atoms with van der Waals surface area (Å²) in [6.45, 7) is 6.58. The van der Waals surface area contributed by atoms with Crippen LogP contribution in [0.5, 0.6) is 5.75 Å². The fourth-order valence-electron chi connectivity index (χ4n) is 2.13. The lowest BCUT2D eigenvalue weighted by Gasteiger charge is -2.14. The molecule has 0 radical (unpaired) electrons. The first-order chi connectivity index (χ1) is 9.11. The third-order valence-corrected chi connectivity index (χ3v) is 3.15. The van der Waals surface area contributed by atoms with Gasteiger partial charge in [-0.25, -0.2) is 0 Å². The van der Waals surface area contributed by atoms with E-state index in [0.717, 1.165) is 11.3 Å². The van der Waals surface area contributed by atoms with Gasteiger partial charge in [-0.1, -0.05) is 35.4 Å². The summed E-state index contributed by atoms with van der Waals surface area (Å²) < 4.78 is 10.7. The molecule has 0 N–H and O–H groups in total. The molecule has 0 unspecified atom stereocenters. The van der Waals surface area contributed by atoms with Crippen molar-refractivity contribution in [3.8, 4) is 16.9 Å². The molecule has 0 atom stereocenters. The number of methoxy groups -OCH3 is 1. The number of hydrogen-bond acceptors (Lipinski definition) is 2. The molecular weight excluding hydrogens is 236 g/mol. The molecule has 0 heterocycles. The van der Waals surface area contributed by atoms with Crippen LogP contribution in [-0.4, -0.2) is 13.9 Å². The van der Waals surface area contributed by atoms with Crippen molar-refractivity contribution in [3.05, 3.63) is 53.1 Å². The smallest absolute Gasteiger partial charge is 0.188 e. The summed E-state index contributed by atoms with van der Waals surface area (Å²) in [4.78, 5) is 0. The standard InChI is InChI=1S/C17H20O2/c1-12-5-7-14(3)15(9-12)16-10-13(2)6-8-17(16)19-11-18-4/h5-10H,11H2,1-4H3. The van der Waals surface area contributed by atoms with Gasteiger partial charge in [0.2, 0.25) is 0 Å². The van der Waals surface area contributed by atoms with E-state index in [1.54, 1.807) is 7.11 Å². The zero-order chi connectivity index (χ0) is 13.8. The van der Waals surface area contributed by atoms with Crippen LogP contribution in [-0.2, 0) is 4.74 Å². The predicted octanol–water partition coefficient (Wildman–Crippen LogP) is 4.26. The highest BCUT2D eigenvalue weighted by molar-refractivity contribution is 5.74. The SMILES string of the molecule is COCOc1ccc(C)cc1-c1cc(C)ccc1C. The Hall–Kier alpha value is -1.80. The maximum absolute atomic E-state index is 5.67. The summed E-state index contributed by atoms with van der Waals surface area (Å²) in [6, 6.07) is 12.7. The molecule has 19 heavy (non-hydrogen) atoms. The Morgan fingerprint density at radius 3 is 2.16 bits per heavy atom. The van der Waals surface area contributed by atoms with Crippen molar-refractivity contribution >= 4 is 0 Å². The Bertz CT molecular complexity index is 573. The molecule has 0 bridgehead atoms. The fourth-order valence-corrected chi connectivity index (χ4v) is 2.13. The van der Waals surface area contributed by atoms with Gasteiger partial charge < -0.3 is 9.47 Å². The van der Waals surface area contributed by atoms with Crippen molar-refractivity contribution in [1.29, 1.82) is 0 Å². The van der Waals surface area contributed by atoms with Gasteiger partial charge in [0.05, 0.1) is 0 Å². The second-order valence-electron chi connectivity index (χ2n) is 4.87. The summed E-state index contributed by atoms with van der Waals surface area (Å²) in [5.74, 6) is 0.862. The Labute approximate surface area is 115 Å². The van der Waals surface area contributed by atoms with Crippen molar-refractivity contribution in [2.75, 3.05) is 13.9 Å². The third kappa shape index (κ3) is 3.15. The van der Waals surface area contributed by atoms with Gasteiger partial charge >= 0.3 is 0 Å². The molecule has 2 heteroatoms. The molecule has 100 valence electrons. The van der Waals surface area contributed by atoms with Gasteiger partial charge in [0, 0.05) is 12.7 Å². The zero-order valence-corrected chi connectivity index (χ0v) is 12.0. The summed E-state index contributed by atoms with van der Waals surface area (Å²) in [7, 11) is 1.63. The van der Waals surface area contributed by atoms with Crippen LogP contribution in [0.25, 0.3) is 11.1 Å². The van der Waals surface area contributed by atoms with E-state index in [1.807, 2.05) is 6.07 Å². The molecule has 0 saturated heterocycles. The van der Waals surface area contributed by atoms with E-state index in [-0.39, 0.29) is 6.79 Å². The summed E-state index contributed by atoms with van der Waals surface area (Å²) in [5, 5.41) is 0. The molecule has 0 aliphatic carbocycles. The van der Waals surface area contributed by atoms with Crippen LogP contribution >= 0.6 is 0 Å². The van der Waals surface area contributed by atoms with E-state index in [1.165, 1.54) is 22.3 Å². The summed E-state index contributed by atoms with van der Waals surface area (Å²) in [6.07, 6.45) is 0. The predicted molar refractivity (Wildman–Crippen MR) is 78.6 cm³/mol. The van der Waals surface area contributed by atoms with Gasteiger partial charge in [-0.3, -0.25) is 0 Å². The topological polar surface area (TPSA) is 18.5 Å². The zero-order valence-electron chi connectivity index (χ0n) is 12.0. The summed E-state index contributed by atoms with van der Waals surface area (Å²) in [5.41, 5.74) is 6.06. The van der Waals surface area contributed by atoms with Crippen molar-refractivity contribution in [2.24, 2.45) is 0 Å². The molecule has 2 nitrogen and oxygen atoms in total. The van der Waals surface area contributed by atoms with Crippen molar-refractivity contribution < 1.29 is 9.47 Å². The number of benzene rings is 2. The van der Waals surface area contributed by atoms with Crippen LogP contribution in [0.1, 0.15) is 16.7 Å². The van der Waals surface area contributed by atoms with Crippen LogP contribution in [0.3, 0.4) is 0 Å². The van der Waals surface area contributed by atoms with Gasteiger partial charge in [0.1, 0.15) is 5.75 Å². The maximum Gasteiger partial charge on any atom is 0.188 e. The molecule has 0 amide bonds. The number of ether oxygens (including phenoxy) is 2. The van der Waals surface area contributed by atoms with Gasteiger partial charge in [0.15, 0.2) is 6.79 Å². The van der Waals surface area contributed by atoms with Crippen molar-refractivity contribution in [1.82, 2.24) is 0 Å². The van der Waals surface area contributed by atoms with E-state index >= 15 is 0 Å². The second kappa shape index (κ2) is 5.89. The minimum atomic E-state index is 0.265. The Balaban J connectivity index is 2.52. The first-order valence-corrected chi connectivity index (χ1v) is 6.42. The van der Waals surface area contributed by atoms with Crippen LogP contribution < -0.4 is 4.74 Å². The minimum absolute atomic E-state index is 0.265. The molecule has 0 fully saturated rings. The van der Waals surface area contributed by atoms with E-state index in [9.17, 15) is 0 Å². The lowest BCUT2D eigenvalue weighted by Crippen LogP contribution is -2.01. The number of aryl methyl sites for hydroxylation is 3. The van der Waals surface area contributed by atoms with Crippen molar-refractivity contribution in [3.63, 3.8) is 0 Å². The first-order valence-electron chi connectivity index (χ1n) is 6.42. The average Bonchev–Trinajstić information content (AvgIpc) is 2.40. The van der Waals surface area contributed by atoms with Crippen LogP contribution in [0.15, 0.2) is 36.4 Å². The van der Waals surface area contributed by atoms with E-state index in [2.05, 4.69) is 51.1 Å². The molecule has 0 aliphatic heterocycles. The Kier molecular flexibility index (Phi) is 4.23. The van der Waals surface area contributed by atoms with Crippen LogP contribution in [0.4, 0.5) is 0 Å². The molecule has 0 saturated carbocycles. The molecule has 2 rings (SSSR count). The number of hydrogen-bond donors (Lipinski definition) is 0. The van der Waals surface area contributed by atoms with Gasteiger partial charge in [-0.05, 0) is 44.0 Å². The van der Waals surface area contributed by atoms with Crippen LogP contribution in [0, 0.1) is 20.8 Å². The Morgan fingerprint density at radius 1 is 0.842 bits per heavy atom. The molecule has 0 spiro atoms. The lowest BCUT2D eigenvalue weighted by atomic mass is 9.96. The number of rotatable bonds is 4. The highest BCUT2D eigenvalue weighted by Crippen LogP contribution is 2.33. The highest BCUT2D eigenvalue weighted by atomic mass is 16.7. The van der Waals surface area contributed by atoms with E-state index in [0.29, 0.717) is 0 Å².